The van der Waals surface area contributed by atoms with Gasteiger partial charge in [-0.3, -0.25) is 0 Å². The highest BCUT2D eigenvalue weighted by atomic mass is 16.7. The van der Waals surface area contributed by atoms with Crippen molar-refractivity contribution in [2.45, 2.75) is 0 Å². The lowest BCUT2D eigenvalue weighted by Crippen LogP contribution is -2.13. The smallest absolute Gasteiger partial charge is 0.395 e. The lowest BCUT2D eigenvalue weighted by molar-refractivity contribution is 0.0650. The Hall–Kier alpha value is -2.41. The first-order valence-electron chi connectivity index (χ1n) is 7.05. The van der Waals surface area contributed by atoms with Crippen molar-refractivity contribution in [3.8, 4) is 11.5 Å². The molecule has 0 atom stereocenters. The van der Waals surface area contributed by atoms with Gasteiger partial charge in [0.05, 0.1) is 26.4 Å². The lowest BCUT2D eigenvalue weighted by Gasteiger charge is -2.04. The molecule has 0 radical (unpaired) electrons. The molecule has 2 N–H and O–H groups in total. The van der Waals surface area contributed by atoms with Crippen LogP contribution in [-0.4, -0.2) is 42.8 Å². The normalized spacial score (nSPS) is 9.48. The number of rotatable bonds is 6. The van der Waals surface area contributed by atoms with E-state index in [2.05, 4.69) is 4.74 Å². The summed E-state index contributed by atoms with van der Waals surface area (Å²) >= 11 is 0. The fourth-order valence-corrected chi connectivity index (χ4v) is 1.42. The number of carbonyl (C=O) groups excluding carboxylic acids is 1. The minimum atomic E-state index is -0.739. The second kappa shape index (κ2) is 12.2. The van der Waals surface area contributed by atoms with E-state index in [0.29, 0.717) is 24.7 Å². The third kappa shape index (κ3) is 9.26. The van der Waals surface area contributed by atoms with Crippen LogP contribution in [0.15, 0.2) is 60.7 Å². The predicted octanol–water partition coefficient (Wildman–Crippen LogP) is 2.25. The molecular formula is C17H20O6. The van der Waals surface area contributed by atoms with Crippen molar-refractivity contribution >= 4 is 6.16 Å². The van der Waals surface area contributed by atoms with E-state index < -0.39 is 6.16 Å². The summed E-state index contributed by atoms with van der Waals surface area (Å²) in [5.74, 6) is 0.923. The van der Waals surface area contributed by atoms with Gasteiger partial charge in [0.2, 0.25) is 0 Å². The maximum Gasteiger partial charge on any atom is 0.519 e. The van der Waals surface area contributed by atoms with Crippen LogP contribution < -0.4 is 9.47 Å². The Morgan fingerprint density at radius 2 is 1.13 bits per heavy atom. The summed E-state index contributed by atoms with van der Waals surface area (Å²) in [6.45, 7) is 0.696. The second-order valence-corrected chi connectivity index (χ2v) is 4.14. The summed E-state index contributed by atoms with van der Waals surface area (Å²) in [6.07, 6.45) is -0.739. The SMILES string of the molecule is O=C(Oc1ccccc1)Oc1ccccc1.OCCOCCO. The summed E-state index contributed by atoms with van der Waals surface area (Å²) in [6, 6.07) is 17.6. The number of hydrogen-bond acceptors (Lipinski definition) is 6. The van der Waals surface area contributed by atoms with E-state index in [1.807, 2.05) is 12.1 Å². The molecule has 0 amide bonds. The van der Waals surface area contributed by atoms with Gasteiger partial charge in [0.25, 0.3) is 0 Å². The minimum Gasteiger partial charge on any atom is -0.395 e. The van der Waals surface area contributed by atoms with Gasteiger partial charge in [-0.15, -0.1) is 0 Å². The van der Waals surface area contributed by atoms with Crippen LogP contribution in [0, 0.1) is 0 Å². The molecule has 0 aliphatic rings. The van der Waals surface area contributed by atoms with Gasteiger partial charge in [-0.1, -0.05) is 36.4 Å². The molecular weight excluding hydrogens is 300 g/mol. The average Bonchev–Trinajstić information content (AvgIpc) is 2.58. The van der Waals surface area contributed by atoms with Crippen LogP contribution in [0.4, 0.5) is 4.79 Å². The number of para-hydroxylation sites is 2. The quantitative estimate of drug-likeness (QED) is 0.482. The van der Waals surface area contributed by atoms with Crippen LogP contribution in [0.1, 0.15) is 0 Å². The molecule has 0 aromatic heterocycles. The van der Waals surface area contributed by atoms with Gasteiger partial charge in [-0.05, 0) is 24.3 Å². The third-order valence-electron chi connectivity index (χ3n) is 2.36. The van der Waals surface area contributed by atoms with Gasteiger partial charge < -0.3 is 24.4 Å². The predicted molar refractivity (Wildman–Crippen MR) is 84.5 cm³/mol. The number of aliphatic hydroxyl groups excluding tert-OH is 2. The highest BCUT2D eigenvalue weighted by molar-refractivity contribution is 5.66. The summed E-state index contributed by atoms with van der Waals surface area (Å²) < 4.78 is 14.5. The van der Waals surface area contributed by atoms with E-state index >= 15 is 0 Å². The highest BCUT2D eigenvalue weighted by Gasteiger charge is 2.06. The molecule has 0 saturated carbocycles. The zero-order chi connectivity index (χ0) is 16.8. The number of hydrogen-bond donors (Lipinski definition) is 2. The molecule has 0 fully saturated rings. The monoisotopic (exact) mass is 320 g/mol. The molecule has 0 bridgehead atoms. The molecule has 2 aromatic rings. The van der Waals surface area contributed by atoms with Crippen molar-refractivity contribution in [1.82, 2.24) is 0 Å². The Labute approximate surface area is 134 Å². The zero-order valence-electron chi connectivity index (χ0n) is 12.6. The van der Waals surface area contributed by atoms with E-state index in [1.165, 1.54) is 0 Å². The van der Waals surface area contributed by atoms with Crippen LogP contribution in [0.3, 0.4) is 0 Å². The molecule has 2 aromatic carbocycles. The van der Waals surface area contributed by atoms with Crippen molar-refractivity contribution in [3.63, 3.8) is 0 Å². The summed E-state index contributed by atoms with van der Waals surface area (Å²) in [4.78, 5) is 11.3. The second-order valence-electron chi connectivity index (χ2n) is 4.14. The zero-order valence-corrected chi connectivity index (χ0v) is 12.6. The molecule has 6 heteroatoms. The Balaban J connectivity index is 0.000000322. The van der Waals surface area contributed by atoms with Crippen molar-refractivity contribution < 1.29 is 29.2 Å². The molecule has 0 heterocycles. The number of benzene rings is 2. The van der Waals surface area contributed by atoms with Gasteiger partial charge in [0.1, 0.15) is 11.5 Å². The van der Waals surface area contributed by atoms with Crippen LogP contribution in [0.2, 0.25) is 0 Å². The Morgan fingerprint density at radius 1 is 0.739 bits per heavy atom. The van der Waals surface area contributed by atoms with Crippen LogP contribution in [0.5, 0.6) is 11.5 Å². The maximum atomic E-state index is 11.3. The first-order valence-corrected chi connectivity index (χ1v) is 7.05. The molecule has 0 unspecified atom stereocenters. The Kier molecular flexibility index (Phi) is 9.86. The van der Waals surface area contributed by atoms with Crippen molar-refractivity contribution in [3.05, 3.63) is 60.7 Å². The van der Waals surface area contributed by atoms with Crippen molar-refractivity contribution in [2.75, 3.05) is 26.4 Å². The summed E-state index contributed by atoms with van der Waals surface area (Å²) in [5, 5.41) is 16.2. The fraction of sp³-hybridized carbons (Fsp3) is 0.235. The minimum absolute atomic E-state index is 0.0278. The van der Waals surface area contributed by atoms with Crippen LogP contribution >= 0.6 is 0 Å². The first kappa shape index (κ1) is 18.6. The molecule has 0 saturated heterocycles. The number of ether oxygens (including phenoxy) is 3. The van der Waals surface area contributed by atoms with Gasteiger partial charge in [0, 0.05) is 0 Å². The maximum absolute atomic E-state index is 11.3. The van der Waals surface area contributed by atoms with E-state index in [-0.39, 0.29) is 13.2 Å². The van der Waals surface area contributed by atoms with E-state index in [1.54, 1.807) is 48.5 Å². The molecule has 0 spiro atoms. The molecule has 2 rings (SSSR count). The van der Waals surface area contributed by atoms with Gasteiger partial charge in [-0.2, -0.15) is 0 Å². The van der Waals surface area contributed by atoms with Crippen molar-refractivity contribution in [1.29, 1.82) is 0 Å². The Bertz CT molecular complexity index is 482. The molecule has 124 valence electrons. The topological polar surface area (TPSA) is 85.2 Å². The standard InChI is InChI=1S/C13H10O3.C4H10O3/c14-13(15-11-7-3-1-4-8-11)16-12-9-5-2-6-10-12;5-1-3-7-4-2-6/h1-10H;5-6H,1-4H2. The molecule has 6 nitrogen and oxygen atoms in total. The number of carbonyl (C=O) groups is 1. The third-order valence-corrected chi connectivity index (χ3v) is 2.36. The largest absolute Gasteiger partial charge is 0.519 e. The molecule has 0 aliphatic carbocycles. The highest BCUT2D eigenvalue weighted by Crippen LogP contribution is 2.12. The summed E-state index contributed by atoms with van der Waals surface area (Å²) in [5.41, 5.74) is 0. The van der Waals surface area contributed by atoms with Gasteiger partial charge >= 0.3 is 6.16 Å². The average molecular weight is 320 g/mol. The van der Waals surface area contributed by atoms with E-state index in [0.717, 1.165) is 0 Å². The Morgan fingerprint density at radius 3 is 1.48 bits per heavy atom. The van der Waals surface area contributed by atoms with Gasteiger partial charge in [-0.25, -0.2) is 4.79 Å². The van der Waals surface area contributed by atoms with E-state index in [9.17, 15) is 4.79 Å². The first-order chi connectivity index (χ1) is 11.3. The van der Waals surface area contributed by atoms with Crippen LogP contribution in [-0.2, 0) is 4.74 Å². The van der Waals surface area contributed by atoms with Gasteiger partial charge in [0.15, 0.2) is 0 Å². The van der Waals surface area contributed by atoms with Crippen molar-refractivity contribution in [2.24, 2.45) is 0 Å². The lowest BCUT2D eigenvalue weighted by atomic mass is 10.3. The fourth-order valence-electron chi connectivity index (χ4n) is 1.42. The molecule has 23 heavy (non-hydrogen) atoms. The summed E-state index contributed by atoms with van der Waals surface area (Å²) in [7, 11) is 0. The molecule has 0 aliphatic heterocycles. The number of aliphatic hydroxyl groups is 2. The van der Waals surface area contributed by atoms with E-state index in [4.69, 9.17) is 19.7 Å². The van der Waals surface area contributed by atoms with Crippen LogP contribution in [0.25, 0.3) is 0 Å².